The number of aromatic hydroxyl groups is 1. The molecule has 1 saturated heterocycles. The highest BCUT2D eigenvalue weighted by molar-refractivity contribution is 9.10. The Labute approximate surface area is 141 Å². The number of halogens is 1. The van der Waals surface area contributed by atoms with Crippen molar-refractivity contribution < 1.29 is 14.7 Å². The van der Waals surface area contributed by atoms with Gasteiger partial charge in [-0.05, 0) is 42.9 Å². The molecule has 23 heavy (non-hydrogen) atoms. The Hall–Kier alpha value is -1.95. The van der Waals surface area contributed by atoms with Gasteiger partial charge in [-0.3, -0.25) is 9.59 Å². The van der Waals surface area contributed by atoms with Crippen molar-refractivity contribution in [2.24, 2.45) is 28.8 Å². The van der Waals surface area contributed by atoms with Crippen molar-refractivity contribution >= 4 is 34.0 Å². The maximum absolute atomic E-state index is 12.6. The van der Waals surface area contributed by atoms with Crippen LogP contribution in [0.4, 0.5) is 0 Å². The van der Waals surface area contributed by atoms with Gasteiger partial charge in [0.1, 0.15) is 5.75 Å². The predicted molar refractivity (Wildman–Crippen MR) is 87.6 cm³/mol. The molecule has 1 heterocycles. The predicted octanol–water partition coefficient (Wildman–Crippen LogP) is 2.69. The normalized spacial score (nSPS) is 32.1. The first-order valence-corrected chi connectivity index (χ1v) is 8.44. The van der Waals surface area contributed by atoms with Crippen LogP contribution in [-0.2, 0) is 9.59 Å². The zero-order chi connectivity index (χ0) is 16.1. The molecule has 6 heteroatoms. The molecule has 1 saturated carbocycles. The van der Waals surface area contributed by atoms with Crippen molar-refractivity contribution in [3.63, 3.8) is 0 Å². The molecule has 0 aromatic heterocycles. The minimum absolute atomic E-state index is 0.0511. The average molecular weight is 375 g/mol. The molecule has 2 amide bonds. The number of benzene rings is 1. The molecule has 1 N–H and O–H groups in total. The fraction of sp³-hybridized carbons (Fsp3) is 0.353. The number of carbonyl (C=O) groups is 2. The van der Waals surface area contributed by atoms with E-state index in [1.165, 1.54) is 12.3 Å². The lowest BCUT2D eigenvalue weighted by Crippen LogP contribution is -2.38. The van der Waals surface area contributed by atoms with Crippen LogP contribution in [0.25, 0.3) is 0 Å². The molecule has 0 unspecified atom stereocenters. The Bertz CT molecular complexity index is 726. The number of allylic oxidation sites excluding steroid dienone is 2. The number of imide groups is 1. The van der Waals surface area contributed by atoms with E-state index in [2.05, 4.69) is 33.2 Å². The third-order valence-corrected chi connectivity index (χ3v) is 5.53. The molecule has 2 fully saturated rings. The van der Waals surface area contributed by atoms with Gasteiger partial charge in [0.25, 0.3) is 11.8 Å². The Morgan fingerprint density at radius 3 is 2.30 bits per heavy atom. The molecule has 0 spiro atoms. The van der Waals surface area contributed by atoms with Gasteiger partial charge in [0, 0.05) is 10.0 Å². The average Bonchev–Trinajstić information content (AvgIpc) is 2.83. The van der Waals surface area contributed by atoms with E-state index < -0.39 is 0 Å². The van der Waals surface area contributed by atoms with Crippen LogP contribution >= 0.6 is 15.9 Å². The molecule has 3 aliphatic carbocycles. The SMILES string of the molecule is O=C1[C@@H]2[C@H](C(=O)N1/N=C\c1cc(Br)ccc1O)[C@H]1C=C[C@H]2CC1. The lowest BCUT2D eigenvalue weighted by Gasteiger charge is -2.37. The zero-order valence-electron chi connectivity index (χ0n) is 12.2. The number of nitrogens with zero attached hydrogens (tertiary/aromatic N) is 2. The number of fused-ring (bicyclic) bond motifs is 1. The molecule has 1 aliphatic heterocycles. The van der Waals surface area contributed by atoms with Gasteiger partial charge in [-0.2, -0.15) is 10.1 Å². The topological polar surface area (TPSA) is 70.0 Å². The number of rotatable bonds is 2. The van der Waals surface area contributed by atoms with Gasteiger partial charge in [0.2, 0.25) is 0 Å². The van der Waals surface area contributed by atoms with E-state index >= 15 is 0 Å². The number of carbonyl (C=O) groups excluding carboxylic acids is 2. The molecule has 5 nitrogen and oxygen atoms in total. The van der Waals surface area contributed by atoms with Crippen molar-refractivity contribution in [2.45, 2.75) is 12.8 Å². The van der Waals surface area contributed by atoms with Crippen LogP contribution in [0, 0.1) is 23.7 Å². The van der Waals surface area contributed by atoms with E-state index in [0.717, 1.165) is 22.3 Å². The quantitative estimate of drug-likeness (QED) is 0.491. The van der Waals surface area contributed by atoms with Gasteiger partial charge in [-0.25, -0.2) is 0 Å². The molecule has 4 atom stereocenters. The van der Waals surface area contributed by atoms with Gasteiger partial charge in [-0.1, -0.05) is 28.1 Å². The van der Waals surface area contributed by atoms with Crippen LogP contribution in [-0.4, -0.2) is 28.1 Å². The van der Waals surface area contributed by atoms with E-state index in [0.29, 0.717) is 5.56 Å². The van der Waals surface area contributed by atoms with Crippen LogP contribution in [0.3, 0.4) is 0 Å². The van der Waals surface area contributed by atoms with Gasteiger partial charge in [0.05, 0.1) is 18.1 Å². The van der Waals surface area contributed by atoms with Gasteiger partial charge < -0.3 is 5.11 Å². The van der Waals surface area contributed by atoms with Gasteiger partial charge in [0.15, 0.2) is 0 Å². The maximum atomic E-state index is 12.6. The highest BCUT2D eigenvalue weighted by Crippen LogP contribution is 2.49. The van der Waals surface area contributed by atoms with E-state index in [1.54, 1.807) is 12.1 Å². The first-order valence-electron chi connectivity index (χ1n) is 7.65. The second-order valence-corrected chi connectivity index (χ2v) is 7.19. The van der Waals surface area contributed by atoms with Gasteiger partial charge in [-0.15, -0.1) is 0 Å². The molecule has 1 aromatic carbocycles. The highest BCUT2D eigenvalue weighted by Gasteiger charge is 2.56. The van der Waals surface area contributed by atoms with Crippen molar-refractivity contribution in [3.05, 3.63) is 40.4 Å². The fourth-order valence-corrected chi connectivity index (χ4v) is 4.30. The lowest BCUT2D eigenvalue weighted by atomic mass is 9.63. The third-order valence-electron chi connectivity index (χ3n) is 5.04. The summed E-state index contributed by atoms with van der Waals surface area (Å²) >= 11 is 3.32. The van der Waals surface area contributed by atoms with Crippen LogP contribution in [0.1, 0.15) is 18.4 Å². The number of phenols is 1. The first kappa shape index (κ1) is 14.6. The van der Waals surface area contributed by atoms with Crippen LogP contribution < -0.4 is 0 Å². The summed E-state index contributed by atoms with van der Waals surface area (Å²) in [7, 11) is 0. The second kappa shape index (κ2) is 5.30. The van der Waals surface area contributed by atoms with Crippen molar-refractivity contribution in [2.75, 3.05) is 0 Å². The number of phenolic OH excluding ortho intramolecular Hbond substituents is 1. The first-order chi connectivity index (χ1) is 11.1. The molecule has 5 rings (SSSR count). The minimum atomic E-state index is -0.264. The van der Waals surface area contributed by atoms with Crippen LogP contribution in [0.5, 0.6) is 5.75 Å². The summed E-state index contributed by atoms with van der Waals surface area (Å²) < 4.78 is 0.784. The van der Waals surface area contributed by atoms with Crippen LogP contribution in [0.15, 0.2) is 39.9 Å². The largest absolute Gasteiger partial charge is 0.507 e. The molecule has 2 bridgehead atoms. The number of hydrazone groups is 1. The van der Waals surface area contributed by atoms with E-state index in [4.69, 9.17) is 0 Å². The van der Waals surface area contributed by atoms with E-state index in [1.807, 2.05) is 0 Å². The monoisotopic (exact) mass is 374 g/mol. The Kier molecular flexibility index (Phi) is 3.37. The van der Waals surface area contributed by atoms with Crippen molar-refractivity contribution in [1.82, 2.24) is 5.01 Å². The van der Waals surface area contributed by atoms with Crippen molar-refractivity contribution in [1.29, 1.82) is 0 Å². The Balaban J connectivity index is 1.63. The summed E-state index contributed by atoms with van der Waals surface area (Å²) in [4.78, 5) is 25.2. The summed E-state index contributed by atoms with van der Waals surface area (Å²) in [6, 6.07) is 4.92. The summed E-state index contributed by atoms with van der Waals surface area (Å²) in [5.41, 5.74) is 0.455. The summed E-state index contributed by atoms with van der Waals surface area (Å²) in [5, 5.41) is 14.9. The molecule has 1 aromatic rings. The zero-order valence-corrected chi connectivity index (χ0v) is 13.8. The maximum Gasteiger partial charge on any atom is 0.254 e. The summed E-state index contributed by atoms with van der Waals surface area (Å²) in [5.74, 6) is -0.606. The summed E-state index contributed by atoms with van der Waals surface area (Å²) in [6.45, 7) is 0. The fourth-order valence-electron chi connectivity index (χ4n) is 3.92. The smallest absolute Gasteiger partial charge is 0.254 e. The van der Waals surface area contributed by atoms with E-state index in [9.17, 15) is 14.7 Å². The number of amides is 2. The molecule has 118 valence electrons. The third kappa shape index (κ3) is 2.24. The molecule has 0 radical (unpaired) electrons. The minimum Gasteiger partial charge on any atom is -0.507 e. The second-order valence-electron chi connectivity index (χ2n) is 6.28. The molecular formula is C17H15BrN2O3. The molecular weight excluding hydrogens is 360 g/mol. The Morgan fingerprint density at radius 2 is 1.74 bits per heavy atom. The standard InChI is InChI=1S/C17H15BrN2O3/c18-12-5-6-13(21)11(7-12)8-19-20-16(22)14-9-1-2-10(4-3-9)15(14)17(20)23/h1-2,5-10,14-15,21H,3-4H2/b19-8-/t9-,10-,14-,15+/m0/s1. The van der Waals surface area contributed by atoms with E-state index in [-0.39, 0.29) is 41.2 Å². The Morgan fingerprint density at radius 1 is 1.13 bits per heavy atom. The number of hydrogen-bond acceptors (Lipinski definition) is 4. The van der Waals surface area contributed by atoms with Gasteiger partial charge >= 0.3 is 0 Å². The van der Waals surface area contributed by atoms with Crippen molar-refractivity contribution in [3.8, 4) is 5.75 Å². The lowest BCUT2D eigenvalue weighted by molar-refractivity contribution is -0.140. The number of hydrogen-bond donors (Lipinski definition) is 1. The molecule has 4 aliphatic rings. The van der Waals surface area contributed by atoms with Crippen LogP contribution in [0.2, 0.25) is 0 Å². The summed E-state index contributed by atoms with van der Waals surface area (Å²) in [6.07, 6.45) is 7.45. The highest BCUT2D eigenvalue weighted by atomic mass is 79.9.